The molecule has 0 bridgehead atoms. The molecule has 2 atom stereocenters. The zero-order valence-corrected chi connectivity index (χ0v) is 12.4. The Morgan fingerprint density at radius 1 is 1.44 bits per heavy atom. The Bertz CT molecular complexity index is 436. The number of hydrogen-bond donors (Lipinski definition) is 1. The van der Waals surface area contributed by atoms with Gasteiger partial charge in [0.15, 0.2) is 0 Å². The van der Waals surface area contributed by atoms with E-state index in [1.807, 2.05) is 24.3 Å². The summed E-state index contributed by atoms with van der Waals surface area (Å²) in [5.74, 6) is 0.0178. The van der Waals surface area contributed by atoms with E-state index >= 15 is 0 Å². The number of benzene rings is 1. The van der Waals surface area contributed by atoms with Crippen LogP contribution >= 0.6 is 15.9 Å². The van der Waals surface area contributed by atoms with Gasteiger partial charge in [0.05, 0.1) is 5.56 Å². The number of amides is 1. The highest BCUT2D eigenvalue weighted by atomic mass is 79.9. The van der Waals surface area contributed by atoms with Crippen LogP contribution in [0.4, 0.5) is 0 Å². The van der Waals surface area contributed by atoms with E-state index in [-0.39, 0.29) is 11.9 Å². The quantitative estimate of drug-likeness (QED) is 0.911. The standard InChI is InChI=1S/C14H19BrN2O/c1-10-9-11(7-8-17(10)2)16-14(18)12-5-3-4-6-13(12)15/h3-6,10-11H,7-9H2,1-2H3,(H,16,18). The Balaban J connectivity index is 1.98. The summed E-state index contributed by atoms with van der Waals surface area (Å²) in [7, 11) is 2.14. The van der Waals surface area contributed by atoms with Gasteiger partial charge in [0.2, 0.25) is 0 Å². The van der Waals surface area contributed by atoms with Crippen molar-refractivity contribution < 1.29 is 4.79 Å². The van der Waals surface area contributed by atoms with Gasteiger partial charge in [-0.25, -0.2) is 0 Å². The first-order valence-electron chi connectivity index (χ1n) is 6.33. The highest BCUT2D eigenvalue weighted by molar-refractivity contribution is 9.10. The van der Waals surface area contributed by atoms with Crippen LogP contribution in [0.2, 0.25) is 0 Å². The summed E-state index contributed by atoms with van der Waals surface area (Å²) < 4.78 is 0.850. The largest absolute Gasteiger partial charge is 0.349 e. The van der Waals surface area contributed by atoms with Gasteiger partial charge < -0.3 is 10.2 Å². The molecule has 0 saturated carbocycles. The summed E-state index contributed by atoms with van der Waals surface area (Å²) in [6.07, 6.45) is 2.05. The molecule has 1 aliphatic heterocycles. The fraction of sp³-hybridized carbons (Fsp3) is 0.500. The second-order valence-electron chi connectivity index (χ2n) is 5.00. The summed E-state index contributed by atoms with van der Waals surface area (Å²) in [5, 5.41) is 3.13. The van der Waals surface area contributed by atoms with E-state index < -0.39 is 0 Å². The molecule has 1 aromatic rings. The Kier molecular flexibility index (Phi) is 4.40. The first kappa shape index (κ1) is 13.6. The smallest absolute Gasteiger partial charge is 0.252 e. The van der Waals surface area contributed by atoms with Crippen LogP contribution in [0.15, 0.2) is 28.7 Å². The number of nitrogens with zero attached hydrogens (tertiary/aromatic N) is 1. The summed E-state index contributed by atoms with van der Waals surface area (Å²) in [6.45, 7) is 3.25. The Hall–Kier alpha value is -0.870. The molecule has 2 unspecified atom stereocenters. The highest BCUT2D eigenvalue weighted by Crippen LogP contribution is 2.18. The second kappa shape index (κ2) is 5.85. The molecule has 1 amide bonds. The lowest BCUT2D eigenvalue weighted by atomic mass is 9.98. The SMILES string of the molecule is CC1CC(NC(=O)c2ccccc2Br)CCN1C. The van der Waals surface area contributed by atoms with E-state index in [2.05, 4.69) is 40.1 Å². The van der Waals surface area contributed by atoms with Gasteiger partial charge in [-0.2, -0.15) is 0 Å². The maximum atomic E-state index is 12.2. The van der Waals surface area contributed by atoms with Gasteiger partial charge in [0.1, 0.15) is 0 Å². The van der Waals surface area contributed by atoms with Gasteiger partial charge in [0, 0.05) is 23.1 Å². The lowest BCUT2D eigenvalue weighted by molar-refractivity contribution is 0.0896. The van der Waals surface area contributed by atoms with Crippen molar-refractivity contribution in [3.63, 3.8) is 0 Å². The Labute approximate surface area is 117 Å². The lowest BCUT2D eigenvalue weighted by Crippen LogP contribution is -2.47. The van der Waals surface area contributed by atoms with Crippen LogP contribution < -0.4 is 5.32 Å². The number of carbonyl (C=O) groups excluding carboxylic acids is 1. The number of piperidine rings is 1. The zero-order chi connectivity index (χ0) is 13.1. The van der Waals surface area contributed by atoms with Crippen LogP contribution in [0.3, 0.4) is 0 Å². The van der Waals surface area contributed by atoms with E-state index in [9.17, 15) is 4.79 Å². The normalized spacial score (nSPS) is 24.8. The maximum Gasteiger partial charge on any atom is 0.252 e. The molecule has 0 spiro atoms. The molecule has 1 saturated heterocycles. The molecule has 18 heavy (non-hydrogen) atoms. The maximum absolute atomic E-state index is 12.2. The van der Waals surface area contributed by atoms with Crippen LogP contribution in [-0.2, 0) is 0 Å². The average molecular weight is 311 g/mol. The van der Waals surface area contributed by atoms with Gasteiger partial charge in [-0.1, -0.05) is 12.1 Å². The third kappa shape index (κ3) is 3.12. The predicted octanol–water partition coefficient (Wildman–Crippen LogP) is 2.66. The Morgan fingerprint density at radius 2 is 2.17 bits per heavy atom. The average Bonchev–Trinajstić information content (AvgIpc) is 2.34. The minimum atomic E-state index is 0.0178. The van der Waals surface area contributed by atoms with Crippen molar-refractivity contribution in [2.75, 3.05) is 13.6 Å². The summed E-state index contributed by atoms with van der Waals surface area (Å²) in [6, 6.07) is 8.36. The molecule has 1 aromatic carbocycles. The van der Waals surface area contributed by atoms with Crippen LogP contribution in [0.5, 0.6) is 0 Å². The van der Waals surface area contributed by atoms with Gasteiger partial charge in [0.25, 0.3) is 5.91 Å². The molecule has 1 fully saturated rings. The van der Waals surface area contributed by atoms with Gasteiger partial charge in [-0.15, -0.1) is 0 Å². The predicted molar refractivity (Wildman–Crippen MR) is 76.7 cm³/mol. The van der Waals surface area contributed by atoms with Crippen LogP contribution in [0, 0.1) is 0 Å². The van der Waals surface area contributed by atoms with Crippen LogP contribution in [0.1, 0.15) is 30.1 Å². The molecular weight excluding hydrogens is 292 g/mol. The van der Waals surface area contributed by atoms with Crippen molar-refractivity contribution in [3.8, 4) is 0 Å². The van der Waals surface area contributed by atoms with Crippen LogP contribution in [0.25, 0.3) is 0 Å². The van der Waals surface area contributed by atoms with E-state index in [4.69, 9.17) is 0 Å². The van der Waals surface area contributed by atoms with E-state index in [1.54, 1.807) is 0 Å². The van der Waals surface area contributed by atoms with Crippen molar-refractivity contribution in [3.05, 3.63) is 34.3 Å². The topological polar surface area (TPSA) is 32.3 Å². The number of carbonyl (C=O) groups is 1. The van der Waals surface area contributed by atoms with Gasteiger partial charge in [-0.05, 0) is 54.9 Å². The fourth-order valence-electron chi connectivity index (χ4n) is 2.33. The Morgan fingerprint density at radius 3 is 2.83 bits per heavy atom. The second-order valence-corrected chi connectivity index (χ2v) is 5.86. The molecule has 2 rings (SSSR count). The molecule has 1 heterocycles. The molecule has 0 aromatic heterocycles. The molecule has 1 N–H and O–H groups in total. The summed E-state index contributed by atoms with van der Waals surface area (Å²) in [4.78, 5) is 14.5. The highest BCUT2D eigenvalue weighted by Gasteiger charge is 2.24. The molecule has 3 nitrogen and oxygen atoms in total. The zero-order valence-electron chi connectivity index (χ0n) is 10.8. The fourth-order valence-corrected chi connectivity index (χ4v) is 2.79. The number of likely N-dealkylation sites (tertiary alicyclic amines) is 1. The molecule has 4 heteroatoms. The molecular formula is C14H19BrN2O. The van der Waals surface area contributed by atoms with E-state index in [0.717, 1.165) is 23.9 Å². The molecule has 0 radical (unpaired) electrons. The van der Waals surface area contributed by atoms with Gasteiger partial charge in [-0.3, -0.25) is 4.79 Å². The molecule has 98 valence electrons. The third-order valence-electron chi connectivity index (χ3n) is 3.66. The summed E-state index contributed by atoms with van der Waals surface area (Å²) >= 11 is 3.41. The minimum absolute atomic E-state index is 0.0178. The van der Waals surface area contributed by atoms with Crippen molar-refractivity contribution in [1.82, 2.24) is 10.2 Å². The van der Waals surface area contributed by atoms with Crippen molar-refractivity contribution in [1.29, 1.82) is 0 Å². The molecule has 1 aliphatic rings. The van der Waals surface area contributed by atoms with Crippen molar-refractivity contribution >= 4 is 21.8 Å². The summed E-state index contributed by atoms with van der Waals surface area (Å²) in [5.41, 5.74) is 0.712. The van der Waals surface area contributed by atoms with Crippen LogP contribution in [-0.4, -0.2) is 36.5 Å². The van der Waals surface area contributed by atoms with Crippen molar-refractivity contribution in [2.24, 2.45) is 0 Å². The minimum Gasteiger partial charge on any atom is -0.349 e. The van der Waals surface area contributed by atoms with Crippen molar-refractivity contribution in [2.45, 2.75) is 31.8 Å². The third-order valence-corrected chi connectivity index (χ3v) is 4.35. The molecule has 0 aliphatic carbocycles. The first-order valence-corrected chi connectivity index (χ1v) is 7.13. The number of nitrogens with one attached hydrogen (secondary N) is 1. The number of halogens is 1. The monoisotopic (exact) mass is 310 g/mol. The van der Waals surface area contributed by atoms with Gasteiger partial charge >= 0.3 is 0 Å². The van der Waals surface area contributed by atoms with E-state index in [1.165, 1.54) is 0 Å². The number of hydrogen-bond acceptors (Lipinski definition) is 2. The van der Waals surface area contributed by atoms with E-state index in [0.29, 0.717) is 11.6 Å². The lowest BCUT2D eigenvalue weighted by Gasteiger charge is -2.35. The first-order chi connectivity index (χ1) is 8.58. The number of rotatable bonds is 2.